The van der Waals surface area contributed by atoms with Gasteiger partial charge in [-0.25, -0.2) is 0 Å². The maximum Gasteiger partial charge on any atom is 0.223 e. The second-order valence-electron chi connectivity index (χ2n) is 5.65. The summed E-state index contributed by atoms with van der Waals surface area (Å²) in [6.07, 6.45) is 6.72. The molecule has 1 aliphatic carbocycles. The molecule has 1 saturated carbocycles. The fourth-order valence-corrected chi connectivity index (χ4v) is 2.77. The predicted octanol–water partition coefficient (Wildman–Crippen LogP) is 3.32. The Morgan fingerprint density at radius 1 is 1.24 bits per heavy atom. The molecule has 0 aromatic rings. The Morgan fingerprint density at radius 2 is 1.82 bits per heavy atom. The molecule has 1 atom stereocenters. The Hall–Kier alpha value is -0.180. The van der Waals surface area contributed by atoms with Gasteiger partial charge in [0, 0.05) is 17.7 Å². The smallest absolute Gasteiger partial charge is 0.223 e. The summed E-state index contributed by atoms with van der Waals surface area (Å²) in [6.45, 7) is 7.56. The van der Waals surface area contributed by atoms with E-state index in [0.717, 1.165) is 31.2 Å². The molecule has 0 aromatic heterocycles. The lowest BCUT2D eigenvalue weighted by Crippen LogP contribution is -2.36. The van der Waals surface area contributed by atoms with E-state index in [9.17, 15) is 4.79 Å². The minimum atomic E-state index is 0.277. The highest BCUT2D eigenvalue weighted by molar-refractivity contribution is 7.99. The van der Waals surface area contributed by atoms with Crippen LogP contribution in [0.2, 0.25) is 0 Å². The number of thioether (sulfide) groups is 1. The second kappa shape index (κ2) is 7.30. The van der Waals surface area contributed by atoms with Crippen LogP contribution in [0.3, 0.4) is 0 Å². The molecule has 1 amide bonds. The number of hydrogen-bond acceptors (Lipinski definition) is 2. The van der Waals surface area contributed by atoms with Crippen molar-refractivity contribution < 1.29 is 4.79 Å². The van der Waals surface area contributed by atoms with Gasteiger partial charge in [0.2, 0.25) is 5.91 Å². The van der Waals surface area contributed by atoms with E-state index in [2.05, 4.69) is 32.3 Å². The van der Waals surface area contributed by atoms with Gasteiger partial charge in [0.25, 0.3) is 0 Å². The van der Waals surface area contributed by atoms with Crippen molar-refractivity contribution in [1.29, 1.82) is 0 Å². The number of hydrogen-bond donors (Lipinski definition) is 1. The van der Waals surface area contributed by atoms with Crippen molar-refractivity contribution in [2.45, 2.75) is 51.7 Å². The van der Waals surface area contributed by atoms with Crippen molar-refractivity contribution in [3.05, 3.63) is 0 Å². The minimum absolute atomic E-state index is 0.277. The fourth-order valence-electron chi connectivity index (χ4n) is 2.52. The van der Waals surface area contributed by atoms with Gasteiger partial charge < -0.3 is 5.32 Å². The second-order valence-corrected chi connectivity index (χ2v) is 6.92. The van der Waals surface area contributed by atoms with Gasteiger partial charge >= 0.3 is 0 Å². The Bertz CT molecular complexity index is 234. The van der Waals surface area contributed by atoms with Gasteiger partial charge in [-0.2, -0.15) is 11.8 Å². The first-order valence-corrected chi connectivity index (χ1v) is 8.13. The standard InChI is InChI=1S/C14H27NOS/c1-10(2)12-5-7-13(8-6-12)14(16)15-9-11(3)17-4/h10-13H,5-9H2,1-4H3,(H,15,16). The van der Waals surface area contributed by atoms with E-state index in [-0.39, 0.29) is 11.8 Å². The van der Waals surface area contributed by atoms with Gasteiger partial charge in [-0.1, -0.05) is 20.8 Å². The van der Waals surface area contributed by atoms with Crippen LogP contribution >= 0.6 is 11.8 Å². The molecule has 17 heavy (non-hydrogen) atoms. The van der Waals surface area contributed by atoms with Crippen molar-refractivity contribution in [1.82, 2.24) is 5.32 Å². The maximum atomic E-state index is 12.0. The molecule has 0 bridgehead atoms. The largest absolute Gasteiger partial charge is 0.355 e. The molecule has 2 nitrogen and oxygen atoms in total. The Labute approximate surface area is 110 Å². The zero-order chi connectivity index (χ0) is 12.8. The van der Waals surface area contributed by atoms with Gasteiger partial charge in [-0.15, -0.1) is 0 Å². The van der Waals surface area contributed by atoms with Crippen molar-refractivity contribution in [3.8, 4) is 0 Å². The van der Waals surface area contributed by atoms with Crippen LogP contribution in [0, 0.1) is 17.8 Å². The SMILES string of the molecule is CSC(C)CNC(=O)C1CCC(C(C)C)CC1. The number of carbonyl (C=O) groups is 1. The summed E-state index contributed by atoms with van der Waals surface area (Å²) in [5.41, 5.74) is 0. The molecule has 0 spiro atoms. The quantitative estimate of drug-likeness (QED) is 0.818. The number of carbonyl (C=O) groups excluding carboxylic acids is 1. The van der Waals surface area contributed by atoms with Gasteiger partial charge in [0.05, 0.1) is 0 Å². The van der Waals surface area contributed by atoms with E-state index in [0.29, 0.717) is 5.25 Å². The fraction of sp³-hybridized carbons (Fsp3) is 0.929. The van der Waals surface area contributed by atoms with Gasteiger partial charge in [-0.05, 0) is 43.8 Å². The maximum absolute atomic E-state index is 12.0. The molecule has 1 rings (SSSR count). The molecule has 1 aliphatic rings. The van der Waals surface area contributed by atoms with Crippen LogP contribution in [0.15, 0.2) is 0 Å². The molecule has 0 aliphatic heterocycles. The number of nitrogens with one attached hydrogen (secondary N) is 1. The third-order valence-electron chi connectivity index (χ3n) is 4.05. The van der Waals surface area contributed by atoms with Crippen molar-refractivity contribution >= 4 is 17.7 Å². The Kier molecular flexibility index (Phi) is 6.39. The van der Waals surface area contributed by atoms with E-state index >= 15 is 0 Å². The molecular formula is C14H27NOS. The molecule has 1 N–H and O–H groups in total. The van der Waals surface area contributed by atoms with Crippen LogP contribution in [0.25, 0.3) is 0 Å². The highest BCUT2D eigenvalue weighted by atomic mass is 32.2. The van der Waals surface area contributed by atoms with Crippen LogP contribution in [-0.2, 0) is 4.79 Å². The number of amides is 1. The van der Waals surface area contributed by atoms with E-state index in [4.69, 9.17) is 0 Å². The lowest BCUT2D eigenvalue weighted by atomic mass is 9.77. The van der Waals surface area contributed by atoms with Crippen LogP contribution in [0.5, 0.6) is 0 Å². The third kappa shape index (κ3) is 4.90. The highest BCUT2D eigenvalue weighted by Crippen LogP contribution is 2.33. The van der Waals surface area contributed by atoms with Gasteiger partial charge in [-0.3, -0.25) is 4.79 Å². The summed E-state index contributed by atoms with van der Waals surface area (Å²) in [5, 5.41) is 3.61. The monoisotopic (exact) mass is 257 g/mol. The number of rotatable bonds is 5. The van der Waals surface area contributed by atoms with Gasteiger partial charge in [0.1, 0.15) is 0 Å². The molecule has 1 unspecified atom stereocenters. The summed E-state index contributed by atoms with van der Waals surface area (Å²) >= 11 is 1.80. The van der Waals surface area contributed by atoms with Gasteiger partial charge in [0.15, 0.2) is 0 Å². The topological polar surface area (TPSA) is 29.1 Å². The van der Waals surface area contributed by atoms with Crippen LogP contribution < -0.4 is 5.32 Å². The molecule has 0 radical (unpaired) electrons. The third-order valence-corrected chi connectivity index (χ3v) is 5.02. The average molecular weight is 257 g/mol. The first kappa shape index (κ1) is 14.9. The molecule has 0 aromatic carbocycles. The molecule has 100 valence electrons. The molecular weight excluding hydrogens is 230 g/mol. The minimum Gasteiger partial charge on any atom is -0.355 e. The lowest BCUT2D eigenvalue weighted by molar-refractivity contribution is -0.126. The molecule has 0 saturated heterocycles. The first-order valence-electron chi connectivity index (χ1n) is 6.85. The predicted molar refractivity (Wildman–Crippen MR) is 76.3 cm³/mol. The van der Waals surface area contributed by atoms with Crippen LogP contribution in [0.1, 0.15) is 46.5 Å². The van der Waals surface area contributed by atoms with E-state index in [1.165, 1.54) is 12.8 Å². The molecule has 1 fully saturated rings. The lowest BCUT2D eigenvalue weighted by Gasteiger charge is -2.30. The van der Waals surface area contributed by atoms with E-state index < -0.39 is 0 Å². The van der Waals surface area contributed by atoms with Crippen molar-refractivity contribution in [2.75, 3.05) is 12.8 Å². The summed E-state index contributed by atoms with van der Waals surface area (Å²) < 4.78 is 0. The summed E-state index contributed by atoms with van der Waals surface area (Å²) in [4.78, 5) is 12.0. The summed E-state index contributed by atoms with van der Waals surface area (Å²) in [6, 6.07) is 0. The van der Waals surface area contributed by atoms with Crippen molar-refractivity contribution in [2.24, 2.45) is 17.8 Å². The summed E-state index contributed by atoms with van der Waals surface area (Å²) in [5.74, 6) is 2.17. The van der Waals surface area contributed by atoms with Crippen LogP contribution in [0.4, 0.5) is 0 Å². The average Bonchev–Trinajstić information content (AvgIpc) is 2.35. The Balaban J connectivity index is 2.26. The van der Waals surface area contributed by atoms with E-state index in [1.807, 2.05) is 0 Å². The molecule has 0 heterocycles. The zero-order valence-corrected chi connectivity index (χ0v) is 12.5. The zero-order valence-electron chi connectivity index (χ0n) is 11.7. The Morgan fingerprint density at radius 3 is 2.29 bits per heavy atom. The van der Waals surface area contributed by atoms with E-state index in [1.54, 1.807) is 11.8 Å². The normalized spacial score (nSPS) is 26.9. The van der Waals surface area contributed by atoms with Crippen LogP contribution in [-0.4, -0.2) is 24.0 Å². The summed E-state index contributed by atoms with van der Waals surface area (Å²) in [7, 11) is 0. The van der Waals surface area contributed by atoms with Crippen molar-refractivity contribution in [3.63, 3.8) is 0 Å². The highest BCUT2D eigenvalue weighted by Gasteiger charge is 2.27. The first-order chi connectivity index (χ1) is 8.04. The molecule has 3 heteroatoms.